The van der Waals surface area contributed by atoms with E-state index in [2.05, 4.69) is 29.3 Å². The summed E-state index contributed by atoms with van der Waals surface area (Å²) in [6.45, 7) is 8.85. The zero-order valence-corrected chi connectivity index (χ0v) is 13.7. The fourth-order valence-electron chi connectivity index (χ4n) is 2.57. The van der Waals surface area contributed by atoms with Gasteiger partial charge in [-0.25, -0.2) is 4.79 Å². The summed E-state index contributed by atoms with van der Waals surface area (Å²) in [6, 6.07) is 8.25. The molecule has 0 bridgehead atoms. The molecule has 0 unspecified atom stereocenters. The van der Waals surface area contributed by atoms with Gasteiger partial charge >= 0.3 is 6.03 Å². The maximum absolute atomic E-state index is 12.0. The van der Waals surface area contributed by atoms with Crippen LogP contribution in [-0.2, 0) is 0 Å². The van der Waals surface area contributed by atoms with Crippen LogP contribution in [0.3, 0.4) is 0 Å². The van der Waals surface area contributed by atoms with Gasteiger partial charge in [-0.1, -0.05) is 13.3 Å². The molecule has 0 saturated carbocycles. The Morgan fingerprint density at radius 2 is 1.82 bits per heavy atom. The summed E-state index contributed by atoms with van der Waals surface area (Å²) in [5.41, 5.74) is 1.19. The summed E-state index contributed by atoms with van der Waals surface area (Å²) in [4.78, 5) is 16.2. The number of rotatable bonds is 6. The Hall–Kier alpha value is -1.91. The van der Waals surface area contributed by atoms with E-state index in [4.69, 9.17) is 4.74 Å². The second kappa shape index (κ2) is 8.51. The second-order valence-corrected chi connectivity index (χ2v) is 5.49. The highest BCUT2D eigenvalue weighted by atomic mass is 16.5. The first-order valence-electron chi connectivity index (χ1n) is 8.25. The van der Waals surface area contributed by atoms with Crippen molar-refractivity contribution in [2.24, 2.45) is 0 Å². The van der Waals surface area contributed by atoms with Crippen molar-refractivity contribution in [3.05, 3.63) is 24.3 Å². The molecule has 122 valence electrons. The number of anilines is 1. The normalized spacial score (nSPS) is 14.8. The highest BCUT2D eigenvalue weighted by Gasteiger charge is 2.20. The number of hydrogen-bond donors (Lipinski definition) is 1. The average Bonchev–Trinajstić information content (AvgIpc) is 2.56. The van der Waals surface area contributed by atoms with E-state index in [1.807, 2.05) is 24.0 Å². The maximum Gasteiger partial charge on any atom is 0.317 e. The Morgan fingerprint density at radius 1 is 1.14 bits per heavy atom. The number of carbonyl (C=O) groups is 1. The highest BCUT2D eigenvalue weighted by Crippen LogP contribution is 2.20. The average molecular weight is 305 g/mol. The van der Waals surface area contributed by atoms with Crippen LogP contribution in [0, 0.1) is 0 Å². The second-order valence-electron chi connectivity index (χ2n) is 5.49. The third-order valence-electron chi connectivity index (χ3n) is 3.89. The van der Waals surface area contributed by atoms with Gasteiger partial charge in [-0.05, 0) is 37.6 Å². The van der Waals surface area contributed by atoms with E-state index in [-0.39, 0.29) is 6.03 Å². The first-order valence-corrected chi connectivity index (χ1v) is 8.25. The molecule has 22 heavy (non-hydrogen) atoms. The Bertz CT molecular complexity index is 453. The van der Waals surface area contributed by atoms with Gasteiger partial charge < -0.3 is 19.9 Å². The standard InChI is InChI=1S/C17H27N3O2/c1-3-5-10-18-17(21)20-13-11-19(12-14-20)15-6-8-16(9-7-15)22-4-2/h6-9H,3-5,10-14H2,1-2H3,(H,18,21). The topological polar surface area (TPSA) is 44.8 Å². The number of benzene rings is 1. The number of piperazine rings is 1. The van der Waals surface area contributed by atoms with E-state index >= 15 is 0 Å². The largest absolute Gasteiger partial charge is 0.494 e. The molecule has 0 aliphatic carbocycles. The Labute approximate surface area is 133 Å². The number of nitrogens with zero attached hydrogens (tertiary/aromatic N) is 2. The molecular weight excluding hydrogens is 278 g/mol. The smallest absolute Gasteiger partial charge is 0.317 e. The maximum atomic E-state index is 12.0. The van der Waals surface area contributed by atoms with Gasteiger partial charge in [0.1, 0.15) is 5.75 Å². The molecule has 0 radical (unpaired) electrons. The minimum atomic E-state index is 0.0693. The van der Waals surface area contributed by atoms with Crippen LogP contribution in [0.25, 0.3) is 0 Å². The van der Waals surface area contributed by atoms with E-state index in [1.54, 1.807) is 0 Å². The van der Waals surface area contributed by atoms with Crippen LogP contribution in [0.2, 0.25) is 0 Å². The lowest BCUT2D eigenvalue weighted by Gasteiger charge is -2.36. The lowest BCUT2D eigenvalue weighted by atomic mass is 10.2. The lowest BCUT2D eigenvalue weighted by molar-refractivity contribution is 0.194. The molecule has 5 nitrogen and oxygen atoms in total. The molecule has 1 aliphatic heterocycles. The molecule has 2 rings (SSSR count). The predicted molar refractivity (Wildman–Crippen MR) is 89.7 cm³/mol. The highest BCUT2D eigenvalue weighted by molar-refractivity contribution is 5.74. The molecule has 0 atom stereocenters. The third kappa shape index (κ3) is 4.55. The van der Waals surface area contributed by atoms with Gasteiger partial charge in [-0.2, -0.15) is 0 Å². The number of ether oxygens (including phenoxy) is 1. The lowest BCUT2D eigenvalue weighted by Crippen LogP contribution is -2.52. The molecule has 5 heteroatoms. The van der Waals surface area contributed by atoms with E-state index < -0.39 is 0 Å². The van der Waals surface area contributed by atoms with Crippen LogP contribution in [0.4, 0.5) is 10.5 Å². The number of unbranched alkanes of at least 4 members (excludes halogenated alkanes) is 1. The Kier molecular flexibility index (Phi) is 6.37. The quantitative estimate of drug-likeness (QED) is 0.822. The molecular formula is C17H27N3O2. The van der Waals surface area contributed by atoms with Gasteiger partial charge in [0, 0.05) is 38.4 Å². The third-order valence-corrected chi connectivity index (χ3v) is 3.89. The molecule has 2 amide bonds. The van der Waals surface area contributed by atoms with Crippen molar-refractivity contribution in [1.29, 1.82) is 0 Å². The molecule has 0 spiro atoms. The molecule has 1 heterocycles. The number of nitrogens with one attached hydrogen (secondary N) is 1. The van der Waals surface area contributed by atoms with E-state index in [0.717, 1.165) is 51.3 Å². The van der Waals surface area contributed by atoms with Crippen molar-refractivity contribution < 1.29 is 9.53 Å². The molecule has 1 saturated heterocycles. The van der Waals surface area contributed by atoms with Gasteiger partial charge in [0.05, 0.1) is 6.61 Å². The van der Waals surface area contributed by atoms with Gasteiger partial charge in [-0.3, -0.25) is 0 Å². The van der Waals surface area contributed by atoms with Gasteiger partial charge in [0.2, 0.25) is 0 Å². The number of urea groups is 1. The van der Waals surface area contributed by atoms with Crippen molar-refractivity contribution in [3.63, 3.8) is 0 Å². The molecule has 1 aromatic rings. The van der Waals surface area contributed by atoms with Crippen LogP contribution in [0.5, 0.6) is 5.75 Å². The van der Waals surface area contributed by atoms with Crippen molar-refractivity contribution in [1.82, 2.24) is 10.2 Å². The van der Waals surface area contributed by atoms with Crippen LogP contribution in [0.15, 0.2) is 24.3 Å². The molecule has 1 aliphatic rings. The zero-order valence-electron chi connectivity index (χ0n) is 13.7. The first-order chi connectivity index (χ1) is 10.7. The van der Waals surface area contributed by atoms with Crippen LogP contribution in [-0.4, -0.2) is 50.3 Å². The van der Waals surface area contributed by atoms with E-state index in [1.165, 1.54) is 5.69 Å². The molecule has 1 N–H and O–H groups in total. The van der Waals surface area contributed by atoms with E-state index in [9.17, 15) is 4.79 Å². The summed E-state index contributed by atoms with van der Waals surface area (Å²) in [7, 11) is 0. The summed E-state index contributed by atoms with van der Waals surface area (Å²) < 4.78 is 5.46. The number of hydrogen-bond acceptors (Lipinski definition) is 3. The van der Waals surface area contributed by atoms with Gasteiger partial charge in [0.15, 0.2) is 0 Å². The molecule has 0 aromatic heterocycles. The summed E-state index contributed by atoms with van der Waals surface area (Å²) in [5, 5.41) is 2.98. The summed E-state index contributed by atoms with van der Waals surface area (Å²) in [6.07, 6.45) is 2.14. The van der Waals surface area contributed by atoms with Crippen molar-refractivity contribution >= 4 is 11.7 Å². The molecule has 1 fully saturated rings. The summed E-state index contributed by atoms with van der Waals surface area (Å²) in [5.74, 6) is 0.903. The van der Waals surface area contributed by atoms with E-state index in [0.29, 0.717) is 6.61 Å². The first kappa shape index (κ1) is 16.5. The SMILES string of the molecule is CCCCNC(=O)N1CCN(c2ccc(OCC)cc2)CC1. The van der Waals surface area contributed by atoms with Crippen LogP contribution < -0.4 is 15.0 Å². The van der Waals surface area contributed by atoms with Crippen LogP contribution in [0.1, 0.15) is 26.7 Å². The minimum absolute atomic E-state index is 0.0693. The van der Waals surface area contributed by atoms with Gasteiger partial charge in [0.25, 0.3) is 0 Å². The van der Waals surface area contributed by atoms with Crippen LogP contribution >= 0.6 is 0 Å². The number of amides is 2. The fraction of sp³-hybridized carbons (Fsp3) is 0.588. The van der Waals surface area contributed by atoms with Crippen molar-refractivity contribution in [2.45, 2.75) is 26.7 Å². The molecule has 1 aromatic carbocycles. The predicted octanol–water partition coefficient (Wildman–Crippen LogP) is 2.72. The monoisotopic (exact) mass is 305 g/mol. The number of carbonyl (C=O) groups excluding carboxylic acids is 1. The summed E-state index contributed by atoms with van der Waals surface area (Å²) >= 11 is 0. The van der Waals surface area contributed by atoms with Crippen molar-refractivity contribution in [3.8, 4) is 5.75 Å². The minimum Gasteiger partial charge on any atom is -0.494 e. The van der Waals surface area contributed by atoms with Gasteiger partial charge in [-0.15, -0.1) is 0 Å². The Balaban J connectivity index is 1.80. The zero-order chi connectivity index (χ0) is 15.8. The Morgan fingerprint density at radius 3 is 2.41 bits per heavy atom. The van der Waals surface area contributed by atoms with Crippen molar-refractivity contribution in [2.75, 3.05) is 44.2 Å². The fourth-order valence-corrected chi connectivity index (χ4v) is 2.57.